The first-order valence-corrected chi connectivity index (χ1v) is 10.3. The van der Waals surface area contributed by atoms with Gasteiger partial charge in [-0.1, -0.05) is 31.5 Å². The minimum Gasteiger partial charge on any atom is -0.390 e. The second-order valence-electron chi connectivity index (χ2n) is 7.66. The van der Waals surface area contributed by atoms with Gasteiger partial charge in [0.2, 0.25) is 0 Å². The molecule has 0 amide bonds. The summed E-state index contributed by atoms with van der Waals surface area (Å²) >= 11 is 0. The van der Waals surface area contributed by atoms with Gasteiger partial charge < -0.3 is 19.3 Å². The molecule has 1 aliphatic carbocycles. The first-order valence-electron chi connectivity index (χ1n) is 10.3. The number of aromatic nitrogens is 3. The molecule has 2 aromatic rings. The Morgan fingerprint density at radius 3 is 2.65 bits per heavy atom. The Balaban J connectivity index is 1.67. The molecule has 10 heteroatoms. The lowest BCUT2D eigenvalue weighted by molar-refractivity contribution is -0.143. The van der Waals surface area contributed by atoms with Crippen molar-refractivity contribution in [2.75, 3.05) is 25.1 Å². The second-order valence-corrected chi connectivity index (χ2v) is 7.66. The monoisotopic (exact) mass is 440 g/mol. The lowest BCUT2D eigenvalue weighted by Crippen LogP contribution is -2.40. The van der Waals surface area contributed by atoms with Crippen LogP contribution in [0, 0.1) is 5.92 Å². The van der Waals surface area contributed by atoms with E-state index in [4.69, 9.17) is 14.4 Å². The van der Waals surface area contributed by atoms with Crippen molar-refractivity contribution in [3.8, 4) is 0 Å². The number of aliphatic hydroxyl groups excluding tert-OH is 1. The molecule has 0 saturated heterocycles. The molecule has 0 aliphatic heterocycles. The quantitative estimate of drug-likeness (QED) is 0.599. The fourth-order valence-corrected chi connectivity index (χ4v) is 3.72. The normalized spacial score (nSPS) is 18.6. The van der Waals surface area contributed by atoms with Gasteiger partial charge in [-0.2, -0.15) is 13.2 Å². The fraction of sp³-hybridized carbons (Fsp3) is 0.571. The number of alkyl halides is 3. The van der Waals surface area contributed by atoms with Crippen molar-refractivity contribution in [1.29, 1.82) is 0 Å². The van der Waals surface area contributed by atoms with E-state index in [2.05, 4.69) is 15.1 Å². The zero-order valence-electron chi connectivity index (χ0n) is 17.8. The molecule has 0 saturated carbocycles. The van der Waals surface area contributed by atoms with E-state index in [1.807, 2.05) is 25.8 Å². The van der Waals surface area contributed by atoms with Crippen molar-refractivity contribution in [3.05, 3.63) is 34.4 Å². The van der Waals surface area contributed by atoms with Crippen molar-refractivity contribution in [2.45, 2.75) is 52.0 Å². The van der Waals surface area contributed by atoms with Gasteiger partial charge in [0.15, 0.2) is 11.1 Å². The third-order valence-corrected chi connectivity index (χ3v) is 5.24. The Morgan fingerprint density at radius 1 is 1.26 bits per heavy atom. The predicted molar refractivity (Wildman–Crippen MR) is 108 cm³/mol. The third-order valence-electron chi connectivity index (χ3n) is 5.24. The van der Waals surface area contributed by atoms with Crippen LogP contribution in [0.3, 0.4) is 0 Å². The number of nitrogens with zero attached hydrogens (tertiary/aromatic N) is 4. The van der Waals surface area contributed by atoms with Crippen LogP contribution in [0.2, 0.25) is 0 Å². The van der Waals surface area contributed by atoms with E-state index < -0.39 is 11.9 Å². The largest absolute Gasteiger partial charge is 0.437 e. The van der Waals surface area contributed by atoms with Gasteiger partial charge in [0, 0.05) is 31.7 Å². The number of fused-ring (bicyclic) bond motifs is 1. The molecule has 1 N–H and O–H groups in total. The SMILES string of the molecule is CCCC1=c2onc(C(F)(F)F)c2=CC(C)C1OCCCN(C)c1cnc(CO)cn1. The zero-order chi connectivity index (χ0) is 22.6. The number of ether oxygens (including phenoxy) is 1. The Morgan fingerprint density at radius 2 is 2.03 bits per heavy atom. The maximum absolute atomic E-state index is 13.2. The van der Waals surface area contributed by atoms with Gasteiger partial charge in [0.05, 0.1) is 36.0 Å². The van der Waals surface area contributed by atoms with E-state index in [-0.39, 0.29) is 29.3 Å². The molecule has 2 aromatic heterocycles. The first kappa shape index (κ1) is 23.2. The number of anilines is 1. The maximum Gasteiger partial charge on any atom is 0.437 e. The molecule has 2 atom stereocenters. The molecule has 0 aromatic carbocycles. The van der Waals surface area contributed by atoms with Crippen molar-refractivity contribution >= 4 is 17.5 Å². The van der Waals surface area contributed by atoms with Crippen LogP contribution in [-0.2, 0) is 17.5 Å². The van der Waals surface area contributed by atoms with Gasteiger partial charge in [-0.05, 0) is 12.8 Å². The van der Waals surface area contributed by atoms with Crippen LogP contribution in [0.4, 0.5) is 19.0 Å². The first-order chi connectivity index (χ1) is 14.8. The summed E-state index contributed by atoms with van der Waals surface area (Å²) in [6.45, 7) is 4.74. The Kier molecular flexibility index (Phi) is 7.32. The van der Waals surface area contributed by atoms with Crippen LogP contribution in [0.5, 0.6) is 0 Å². The summed E-state index contributed by atoms with van der Waals surface area (Å²) in [5.41, 5.74) is 0.446. The minimum absolute atomic E-state index is 0.0212. The molecular formula is C21H27F3N4O3. The summed E-state index contributed by atoms with van der Waals surface area (Å²) in [7, 11) is 1.88. The average molecular weight is 440 g/mol. The number of hydrogen-bond donors (Lipinski definition) is 1. The van der Waals surface area contributed by atoms with Crippen molar-refractivity contribution < 1.29 is 27.5 Å². The van der Waals surface area contributed by atoms with Crippen molar-refractivity contribution in [3.63, 3.8) is 0 Å². The van der Waals surface area contributed by atoms with E-state index in [9.17, 15) is 13.2 Å². The molecule has 0 bridgehead atoms. The molecule has 0 fully saturated rings. The van der Waals surface area contributed by atoms with Gasteiger partial charge in [0.1, 0.15) is 5.82 Å². The van der Waals surface area contributed by atoms with Crippen LogP contribution in [0.1, 0.15) is 44.5 Å². The summed E-state index contributed by atoms with van der Waals surface area (Å²) < 4.78 is 51.0. The van der Waals surface area contributed by atoms with Crippen LogP contribution in [0.25, 0.3) is 11.6 Å². The predicted octanol–water partition coefficient (Wildman–Crippen LogP) is 2.27. The Bertz CT molecular complexity index is 989. The van der Waals surface area contributed by atoms with E-state index in [0.717, 1.165) is 12.0 Å². The molecule has 7 nitrogen and oxygen atoms in total. The molecule has 1 aliphatic rings. The molecule has 2 heterocycles. The summed E-state index contributed by atoms with van der Waals surface area (Å²) in [5.74, 6) is 0.449. The second kappa shape index (κ2) is 9.78. The van der Waals surface area contributed by atoms with Crippen molar-refractivity contribution in [2.24, 2.45) is 5.92 Å². The topological polar surface area (TPSA) is 84.5 Å². The highest BCUT2D eigenvalue weighted by Crippen LogP contribution is 2.28. The molecule has 2 unspecified atom stereocenters. The van der Waals surface area contributed by atoms with Gasteiger partial charge >= 0.3 is 6.18 Å². The van der Waals surface area contributed by atoms with E-state index in [0.29, 0.717) is 37.5 Å². The Labute approximate surface area is 178 Å². The molecule has 0 spiro atoms. The minimum atomic E-state index is -4.55. The van der Waals surface area contributed by atoms with Gasteiger partial charge in [0.25, 0.3) is 0 Å². The maximum atomic E-state index is 13.2. The highest BCUT2D eigenvalue weighted by molar-refractivity contribution is 5.55. The molecule has 31 heavy (non-hydrogen) atoms. The lowest BCUT2D eigenvalue weighted by Gasteiger charge is -2.27. The van der Waals surface area contributed by atoms with Crippen molar-refractivity contribution in [1.82, 2.24) is 15.1 Å². The van der Waals surface area contributed by atoms with E-state index in [1.54, 1.807) is 12.3 Å². The standard InChI is InChI=1S/C21H27F3N4O3/c1-4-6-15-18(13(2)9-16-19(15)31-27-20(16)21(22,23)24)30-8-5-7-28(3)17-11-25-14(12-29)10-26-17/h9-11,13,18,29H,4-8,12H2,1-3H3. The van der Waals surface area contributed by atoms with E-state index >= 15 is 0 Å². The molecule has 3 rings (SSSR count). The summed E-state index contributed by atoms with van der Waals surface area (Å²) in [5, 5.41) is 12.4. The molecular weight excluding hydrogens is 413 g/mol. The zero-order valence-corrected chi connectivity index (χ0v) is 17.8. The summed E-state index contributed by atoms with van der Waals surface area (Å²) in [6.07, 6.45) is 1.79. The number of aliphatic hydroxyl groups is 1. The van der Waals surface area contributed by atoms with E-state index in [1.165, 1.54) is 6.20 Å². The fourth-order valence-electron chi connectivity index (χ4n) is 3.72. The average Bonchev–Trinajstić information content (AvgIpc) is 3.16. The van der Waals surface area contributed by atoms with Gasteiger partial charge in [-0.25, -0.2) is 4.98 Å². The summed E-state index contributed by atoms with van der Waals surface area (Å²) in [6, 6.07) is 0. The van der Waals surface area contributed by atoms with Gasteiger partial charge in [-0.15, -0.1) is 0 Å². The number of rotatable bonds is 9. The Hall–Kier alpha value is -2.46. The van der Waals surface area contributed by atoms with Crippen LogP contribution >= 0.6 is 0 Å². The summed E-state index contributed by atoms with van der Waals surface area (Å²) in [4.78, 5) is 10.3. The third kappa shape index (κ3) is 5.24. The number of hydrogen-bond acceptors (Lipinski definition) is 7. The van der Waals surface area contributed by atoms with Crippen LogP contribution in [0.15, 0.2) is 16.9 Å². The molecule has 0 radical (unpaired) electrons. The van der Waals surface area contributed by atoms with Crippen LogP contribution in [-0.4, -0.2) is 46.5 Å². The van der Waals surface area contributed by atoms with Crippen LogP contribution < -0.4 is 15.5 Å². The highest BCUT2D eigenvalue weighted by atomic mass is 19.4. The number of halogens is 3. The molecule has 170 valence electrons. The highest BCUT2D eigenvalue weighted by Gasteiger charge is 2.38. The lowest BCUT2D eigenvalue weighted by atomic mass is 9.89. The smallest absolute Gasteiger partial charge is 0.390 e. The van der Waals surface area contributed by atoms with Gasteiger partial charge in [-0.3, -0.25) is 4.98 Å².